The molecule has 0 bridgehead atoms. The Hall–Kier alpha value is -2.67. The molecule has 3 rings (SSSR count). The average molecular weight is 537 g/mol. The summed E-state index contributed by atoms with van der Waals surface area (Å²) >= 11 is 0. The molecular weight excluding hydrogens is 512 g/mol. The van der Waals surface area contributed by atoms with E-state index < -0.39 is 96.2 Å². The van der Waals surface area contributed by atoms with Crippen LogP contribution in [0.25, 0.3) is 0 Å². The van der Waals surface area contributed by atoms with Crippen LogP contribution < -0.4 is 5.32 Å². The van der Waals surface area contributed by atoms with E-state index in [2.05, 4.69) is 5.32 Å². The molecule has 2 aliphatic heterocycles. The number of rotatable bonds is 8. The van der Waals surface area contributed by atoms with E-state index in [9.17, 15) is 48.7 Å². The fourth-order valence-electron chi connectivity index (χ4n) is 3.94. The number of aldehydes is 1. The summed E-state index contributed by atoms with van der Waals surface area (Å²) in [6.45, 7) is 0. The van der Waals surface area contributed by atoms with Crippen LogP contribution in [0, 0.1) is 11.6 Å². The van der Waals surface area contributed by atoms with Gasteiger partial charge in [-0.25, -0.2) is 13.6 Å². The maximum absolute atomic E-state index is 13.9. The number of aliphatic carboxylic acids is 1. The van der Waals surface area contributed by atoms with Crippen LogP contribution in [0.3, 0.4) is 0 Å². The van der Waals surface area contributed by atoms with Crippen molar-refractivity contribution in [1.29, 1.82) is 0 Å². The molecule has 10 atom stereocenters. The van der Waals surface area contributed by atoms with Gasteiger partial charge in [0.15, 0.2) is 31.1 Å². The van der Waals surface area contributed by atoms with Crippen LogP contribution in [0.2, 0.25) is 0 Å². The molecule has 0 aromatic heterocycles. The van der Waals surface area contributed by atoms with Gasteiger partial charge in [0, 0.05) is 19.9 Å². The highest BCUT2D eigenvalue weighted by molar-refractivity contribution is 5.95. The number of ether oxygens (including phenoxy) is 5. The zero-order valence-electron chi connectivity index (χ0n) is 19.3. The summed E-state index contributed by atoms with van der Waals surface area (Å²) in [5.74, 6) is -5.32. The number of aliphatic hydroxyl groups is 4. The zero-order valence-corrected chi connectivity index (χ0v) is 19.3. The van der Waals surface area contributed by atoms with Crippen molar-refractivity contribution >= 4 is 23.9 Å². The molecular formula is C21H25F2NO13. The number of halogens is 2. The summed E-state index contributed by atoms with van der Waals surface area (Å²) in [7, 11) is 2.15. The molecule has 1 amide bonds. The van der Waals surface area contributed by atoms with E-state index in [4.69, 9.17) is 23.7 Å². The van der Waals surface area contributed by atoms with Gasteiger partial charge in [-0.05, 0) is 12.1 Å². The van der Waals surface area contributed by atoms with Crippen molar-refractivity contribution in [2.75, 3.05) is 19.5 Å². The highest BCUT2D eigenvalue weighted by Gasteiger charge is 2.54. The Balaban J connectivity index is 1.84. The number of carbonyl (C=O) groups excluding carboxylic acids is 2. The molecule has 0 radical (unpaired) electrons. The van der Waals surface area contributed by atoms with Gasteiger partial charge in [-0.3, -0.25) is 9.59 Å². The van der Waals surface area contributed by atoms with Gasteiger partial charge in [0.2, 0.25) is 0 Å². The number of carbonyl (C=O) groups is 3. The average Bonchev–Trinajstić information content (AvgIpc) is 2.84. The number of benzene rings is 1. The van der Waals surface area contributed by atoms with Crippen molar-refractivity contribution in [2.24, 2.45) is 0 Å². The third-order valence-electron chi connectivity index (χ3n) is 5.85. The Morgan fingerprint density at radius 3 is 1.95 bits per heavy atom. The number of methoxy groups -OCH3 is 2. The lowest BCUT2D eigenvalue weighted by Gasteiger charge is -2.45. The molecule has 1 aromatic carbocycles. The number of carboxylic acids is 1. The molecule has 2 heterocycles. The van der Waals surface area contributed by atoms with E-state index in [0.717, 1.165) is 14.2 Å². The standard InChI is InChI=1S/C21H25F2NO13/c1-33-14-10(26)13(29)21(35-15-11(27)12(28)20(34-2)37-17(15)19(31)32)36-16(14)18(30)24-6-3-8(22)7(5-25)9(23)4-6/h3-5,10-17,20-21,26-29H,1-2H3,(H,24,30)(H,31,32). The molecule has 2 aliphatic rings. The number of amides is 1. The molecule has 16 heteroatoms. The van der Waals surface area contributed by atoms with Gasteiger partial charge in [-0.1, -0.05) is 0 Å². The molecule has 0 aliphatic carbocycles. The van der Waals surface area contributed by atoms with Crippen LogP contribution in [0.4, 0.5) is 14.5 Å². The van der Waals surface area contributed by atoms with Crippen LogP contribution in [0.15, 0.2) is 12.1 Å². The van der Waals surface area contributed by atoms with Crippen molar-refractivity contribution < 1.29 is 72.4 Å². The SMILES string of the molecule is COC1OC(C(=O)O)C(OC2OC(C(=O)Nc3cc(F)c(C=O)c(F)c3)C(OC)C(O)C2O)C(O)C1O. The predicted molar refractivity (Wildman–Crippen MR) is 112 cm³/mol. The lowest BCUT2D eigenvalue weighted by atomic mass is 9.96. The quantitative estimate of drug-likeness (QED) is 0.194. The third-order valence-corrected chi connectivity index (χ3v) is 5.85. The van der Waals surface area contributed by atoms with Crippen LogP contribution in [0.1, 0.15) is 10.4 Å². The minimum atomic E-state index is -1.99. The molecule has 1 aromatic rings. The van der Waals surface area contributed by atoms with E-state index in [1.165, 1.54) is 0 Å². The first-order valence-electron chi connectivity index (χ1n) is 10.7. The van der Waals surface area contributed by atoms with E-state index in [1.807, 2.05) is 0 Å². The second-order valence-corrected chi connectivity index (χ2v) is 8.15. The summed E-state index contributed by atoms with van der Waals surface area (Å²) < 4.78 is 53.5. The summed E-state index contributed by atoms with van der Waals surface area (Å²) in [6, 6.07) is 1.30. The van der Waals surface area contributed by atoms with Gasteiger partial charge < -0.3 is 54.5 Å². The number of aliphatic hydroxyl groups excluding tert-OH is 4. The van der Waals surface area contributed by atoms with Crippen molar-refractivity contribution in [3.8, 4) is 0 Å². The van der Waals surface area contributed by atoms with Gasteiger partial charge in [-0.2, -0.15) is 0 Å². The second-order valence-electron chi connectivity index (χ2n) is 8.15. The maximum Gasteiger partial charge on any atom is 0.335 e. The number of anilines is 1. The normalized spacial score (nSPS) is 36.1. The van der Waals surface area contributed by atoms with Crippen molar-refractivity contribution in [2.45, 2.75) is 61.4 Å². The van der Waals surface area contributed by atoms with Gasteiger partial charge in [-0.15, -0.1) is 0 Å². The van der Waals surface area contributed by atoms with Gasteiger partial charge >= 0.3 is 5.97 Å². The van der Waals surface area contributed by atoms with E-state index in [0.29, 0.717) is 12.1 Å². The predicted octanol–water partition coefficient (Wildman–Crippen LogP) is -2.26. The van der Waals surface area contributed by atoms with Gasteiger partial charge in [0.05, 0.1) is 5.56 Å². The summed E-state index contributed by atoms with van der Waals surface area (Å²) in [4.78, 5) is 35.3. The molecule has 0 spiro atoms. The zero-order chi connectivity index (χ0) is 27.6. The fourth-order valence-corrected chi connectivity index (χ4v) is 3.94. The largest absolute Gasteiger partial charge is 0.479 e. The number of carboxylic acid groups (broad SMARTS) is 1. The van der Waals surface area contributed by atoms with Crippen molar-refractivity contribution in [3.05, 3.63) is 29.3 Å². The highest BCUT2D eigenvalue weighted by Crippen LogP contribution is 2.31. The van der Waals surface area contributed by atoms with Crippen LogP contribution >= 0.6 is 0 Å². The fraction of sp³-hybridized carbons (Fsp3) is 0.571. The van der Waals surface area contributed by atoms with Crippen molar-refractivity contribution in [1.82, 2.24) is 0 Å². The third kappa shape index (κ3) is 5.77. The lowest BCUT2D eigenvalue weighted by molar-refractivity contribution is -0.348. The Labute approximate surface area is 207 Å². The number of hydrogen-bond acceptors (Lipinski definition) is 12. The minimum Gasteiger partial charge on any atom is -0.479 e. The topological polar surface area (TPSA) is 211 Å². The lowest BCUT2D eigenvalue weighted by Crippen LogP contribution is -2.66. The van der Waals surface area contributed by atoms with Crippen molar-refractivity contribution in [3.63, 3.8) is 0 Å². The molecule has 2 fully saturated rings. The van der Waals surface area contributed by atoms with Crippen LogP contribution in [-0.4, -0.2) is 119 Å². The number of nitrogens with one attached hydrogen (secondary N) is 1. The summed E-state index contributed by atoms with van der Waals surface area (Å²) in [5, 5.41) is 53.1. The molecule has 14 nitrogen and oxygen atoms in total. The molecule has 6 N–H and O–H groups in total. The first-order valence-corrected chi connectivity index (χ1v) is 10.7. The Kier molecular flexibility index (Phi) is 9.22. The first-order chi connectivity index (χ1) is 17.4. The van der Waals surface area contributed by atoms with E-state index in [1.54, 1.807) is 0 Å². The first kappa shape index (κ1) is 28.9. The monoisotopic (exact) mass is 537 g/mol. The maximum atomic E-state index is 13.9. The van der Waals surface area contributed by atoms with Crippen LogP contribution in [-0.2, 0) is 33.3 Å². The van der Waals surface area contributed by atoms with E-state index in [-0.39, 0.29) is 6.29 Å². The Bertz CT molecular complexity index is 990. The smallest absolute Gasteiger partial charge is 0.335 e. The van der Waals surface area contributed by atoms with Gasteiger partial charge in [0.1, 0.15) is 48.3 Å². The van der Waals surface area contributed by atoms with Gasteiger partial charge in [0.25, 0.3) is 5.91 Å². The molecule has 2 saturated heterocycles. The van der Waals surface area contributed by atoms with Crippen LogP contribution in [0.5, 0.6) is 0 Å². The summed E-state index contributed by atoms with van der Waals surface area (Å²) in [5.41, 5.74) is -1.30. The number of hydrogen-bond donors (Lipinski definition) is 6. The van der Waals surface area contributed by atoms with E-state index >= 15 is 0 Å². The molecule has 206 valence electrons. The Morgan fingerprint density at radius 1 is 0.892 bits per heavy atom. The second kappa shape index (κ2) is 11.8. The highest BCUT2D eigenvalue weighted by atomic mass is 19.1. The molecule has 37 heavy (non-hydrogen) atoms. The summed E-state index contributed by atoms with van der Waals surface area (Å²) in [6.07, 6.45) is -18.3. The Morgan fingerprint density at radius 2 is 1.43 bits per heavy atom. The minimum absolute atomic E-state index is 0.0548. The molecule has 10 unspecified atom stereocenters. The molecule has 0 saturated carbocycles.